The number of aromatic nitrogens is 1. The van der Waals surface area contributed by atoms with Crippen molar-refractivity contribution >= 4 is 10.0 Å². The maximum Gasteiger partial charge on any atom is 0.573 e. The molecule has 0 fully saturated rings. The average molecular weight is 288 g/mol. The van der Waals surface area contributed by atoms with Crippen LogP contribution in [0.5, 0.6) is 11.5 Å². The summed E-state index contributed by atoms with van der Waals surface area (Å²) in [6.45, 7) is 0. The Hall–Kier alpha value is -1.75. The van der Waals surface area contributed by atoms with Crippen molar-refractivity contribution in [2.45, 2.75) is 11.4 Å². The molecular formula is C7H7F3N2O5S. The van der Waals surface area contributed by atoms with Crippen LogP contribution in [0.3, 0.4) is 0 Å². The fourth-order valence-corrected chi connectivity index (χ4v) is 1.71. The van der Waals surface area contributed by atoms with Crippen molar-refractivity contribution in [2.75, 3.05) is 7.11 Å². The zero-order valence-electron chi connectivity index (χ0n) is 8.74. The van der Waals surface area contributed by atoms with E-state index in [2.05, 4.69) is 14.6 Å². The fraction of sp³-hybridized carbons (Fsp3) is 0.286. The molecule has 0 saturated heterocycles. The highest BCUT2D eigenvalue weighted by atomic mass is 32.2. The minimum atomic E-state index is -5.18. The molecule has 0 aliphatic rings. The highest BCUT2D eigenvalue weighted by Crippen LogP contribution is 2.34. The molecule has 0 atom stereocenters. The van der Waals surface area contributed by atoms with Crippen LogP contribution in [0.25, 0.3) is 0 Å². The first-order chi connectivity index (χ1) is 8.04. The summed E-state index contributed by atoms with van der Waals surface area (Å²) in [6.07, 6.45) is -5.18. The molecule has 11 heteroatoms. The van der Waals surface area contributed by atoms with Crippen LogP contribution in [0.4, 0.5) is 13.2 Å². The monoisotopic (exact) mass is 288 g/mol. The van der Waals surface area contributed by atoms with Crippen LogP contribution in [0.1, 0.15) is 0 Å². The molecule has 0 unspecified atom stereocenters. The van der Waals surface area contributed by atoms with Crippen molar-refractivity contribution in [1.29, 1.82) is 0 Å². The van der Waals surface area contributed by atoms with Crippen LogP contribution in [0.15, 0.2) is 15.9 Å². The summed E-state index contributed by atoms with van der Waals surface area (Å²) in [7, 11) is -3.69. The third-order valence-corrected chi connectivity index (χ3v) is 2.51. The maximum atomic E-state index is 12.1. The van der Waals surface area contributed by atoms with Gasteiger partial charge in [-0.3, -0.25) is 4.79 Å². The second-order valence-electron chi connectivity index (χ2n) is 2.95. The lowest BCUT2D eigenvalue weighted by Crippen LogP contribution is -2.25. The van der Waals surface area contributed by atoms with Crippen LogP contribution < -0.4 is 20.2 Å². The molecule has 3 N–H and O–H groups in total. The number of primary sulfonamides is 1. The number of rotatable bonds is 3. The molecule has 1 heterocycles. The number of nitrogens with one attached hydrogen (secondary N) is 1. The fourth-order valence-electron chi connectivity index (χ4n) is 1.07. The highest BCUT2D eigenvalue weighted by molar-refractivity contribution is 7.89. The van der Waals surface area contributed by atoms with Crippen molar-refractivity contribution < 1.29 is 31.1 Å². The Morgan fingerprint density at radius 3 is 2.33 bits per heavy atom. The Morgan fingerprint density at radius 1 is 1.39 bits per heavy atom. The van der Waals surface area contributed by atoms with Crippen LogP contribution in [-0.2, 0) is 10.0 Å². The van der Waals surface area contributed by atoms with Crippen molar-refractivity contribution in [3.8, 4) is 11.5 Å². The number of ether oxygens (including phenoxy) is 2. The molecule has 1 aromatic rings. The van der Waals surface area contributed by atoms with E-state index in [0.29, 0.717) is 6.07 Å². The molecule has 0 amide bonds. The molecule has 102 valence electrons. The topological polar surface area (TPSA) is 111 Å². The second-order valence-corrected chi connectivity index (χ2v) is 4.45. The number of methoxy groups -OCH3 is 1. The lowest BCUT2D eigenvalue weighted by Gasteiger charge is -2.14. The zero-order valence-corrected chi connectivity index (χ0v) is 9.55. The van der Waals surface area contributed by atoms with Crippen LogP contribution >= 0.6 is 0 Å². The van der Waals surface area contributed by atoms with Gasteiger partial charge in [-0.15, -0.1) is 13.2 Å². The minimum Gasteiger partial charge on any atom is -0.493 e. The number of hydrogen-bond donors (Lipinski definition) is 2. The van der Waals surface area contributed by atoms with Gasteiger partial charge in [-0.05, 0) is 0 Å². The second kappa shape index (κ2) is 4.49. The normalized spacial score (nSPS) is 12.3. The van der Waals surface area contributed by atoms with E-state index in [1.165, 1.54) is 0 Å². The molecular weight excluding hydrogens is 281 g/mol. The van der Waals surface area contributed by atoms with E-state index < -0.39 is 38.5 Å². The molecule has 7 nitrogen and oxygen atoms in total. The first-order valence-corrected chi connectivity index (χ1v) is 5.69. The minimum absolute atomic E-state index is 0.593. The highest BCUT2D eigenvalue weighted by Gasteiger charge is 2.36. The number of aromatic amines is 1. The number of pyridine rings is 1. The van der Waals surface area contributed by atoms with Gasteiger partial charge in [0.05, 0.1) is 7.11 Å². The van der Waals surface area contributed by atoms with Gasteiger partial charge in [-0.2, -0.15) is 0 Å². The van der Waals surface area contributed by atoms with E-state index in [1.807, 2.05) is 0 Å². The van der Waals surface area contributed by atoms with E-state index in [4.69, 9.17) is 0 Å². The first-order valence-electron chi connectivity index (χ1n) is 4.14. The molecule has 1 rings (SSSR count). The zero-order chi connectivity index (χ0) is 14.1. The van der Waals surface area contributed by atoms with Crippen LogP contribution in [0, 0.1) is 0 Å². The van der Waals surface area contributed by atoms with Gasteiger partial charge in [0.25, 0.3) is 15.6 Å². The summed E-state index contributed by atoms with van der Waals surface area (Å²) in [6, 6.07) is 0.593. The molecule has 0 aliphatic carbocycles. The number of alkyl halides is 3. The van der Waals surface area contributed by atoms with E-state index >= 15 is 0 Å². The maximum absolute atomic E-state index is 12.1. The van der Waals surface area contributed by atoms with Crippen LogP contribution in [-0.4, -0.2) is 26.9 Å². The Morgan fingerprint density at radius 2 is 1.94 bits per heavy atom. The molecule has 0 radical (unpaired) electrons. The van der Waals surface area contributed by atoms with Crippen molar-refractivity contribution in [3.05, 3.63) is 16.4 Å². The van der Waals surface area contributed by atoms with Gasteiger partial charge >= 0.3 is 6.36 Å². The number of halogens is 3. The van der Waals surface area contributed by atoms with Crippen molar-refractivity contribution in [1.82, 2.24) is 4.98 Å². The average Bonchev–Trinajstić information content (AvgIpc) is 2.16. The van der Waals surface area contributed by atoms with Gasteiger partial charge < -0.3 is 14.5 Å². The van der Waals surface area contributed by atoms with Crippen molar-refractivity contribution in [3.63, 3.8) is 0 Å². The third-order valence-electron chi connectivity index (χ3n) is 1.65. The third kappa shape index (κ3) is 3.37. The van der Waals surface area contributed by atoms with Crippen molar-refractivity contribution in [2.24, 2.45) is 5.14 Å². The summed E-state index contributed by atoms with van der Waals surface area (Å²) in [5.74, 6) is -1.94. The quantitative estimate of drug-likeness (QED) is 0.808. The summed E-state index contributed by atoms with van der Waals surface area (Å²) < 4.78 is 66.4. The predicted octanol–water partition coefficient (Wildman–Crippen LogP) is -0.0705. The number of nitrogens with two attached hydrogens (primary N) is 1. The lowest BCUT2D eigenvalue weighted by atomic mass is 10.4. The number of H-pyrrole nitrogens is 1. The Bertz CT molecular complexity index is 606. The first kappa shape index (κ1) is 14.3. The summed E-state index contributed by atoms with van der Waals surface area (Å²) in [5.41, 5.74) is -1.01. The Balaban J connectivity index is 3.59. The molecule has 0 saturated carbocycles. The van der Waals surface area contributed by atoms with Gasteiger partial charge in [0.15, 0.2) is 10.8 Å². The SMILES string of the molecule is COc1cc(=O)[nH]c(S(N)(=O)=O)c1OC(F)(F)F. The van der Waals surface area contributed by atoms with E-state index in [0.717, 1.165) is 7.11 Å². The molecule has 1 aromatic heterocycles. The summed E-state index contributed by atoms with van der Waals surface area (Å²) in [4.78, 5) is 12.7. The van der Waals surface area contributed by atoms with Gasteiger partial charge in [0.1, 0.15) is 0 Å². The van der Waals surface area contributed by atoms with Gasteiger partial charge in [0, 0.05) is 6.07 Å². The molecule has 0 aromatic carbocycles. The number of hydrogen-bond acceptors (Lipinski definition) is 5. The Kier molecular flexibility index (Phi) is 3.57. The van der Waals surface area contributed by atoms with E-state index in [9.17, 15) is 26.4 Å². The van der Waals surface area contributed by atoms with Crippen LogP contribution in [0.2, 0.25) is 0 Å². The van der Waals surface area contributed by atoms with Gasteiger partial charge in [0.2, 0.25) is 5.75 Å². The van der Waals surface area contributed by atoms with E-state index in [1.54, 1.807) is 4.98 Å². The van der Waals surface area contributed by atoms with E-state index in [-0.39, 0.29) is 0 Å². The molecule has 0 aliphatic heterocycles. The Labute approximate surface area is 98.4 Å². The molecule has 0 bridgehead atoms. The largest absolute Gasteiger partial charge is 0.573 e. The van der Waals surface area contributed by atoms with Gasteiger partial charge in [-0.1, -0.05) is 0 Å². The molecule has 0 spiro atoms. The van der Waals surface area contributed by atoms with Gasteiger partial charge in [-0.25, -0.2) is 13.6 Å². The summed E-state index contributed by atoms with van der Waals surface area (Å²) >= 11 is 0. The predicted molar refractivity (Wildman–Crippen MR) is 51.7 cm³/mol. The number of sulfonamides is 1. The standard InChI is InChI=1S/C7H7F3N2O5S/c1-16-3-2-4(13)12-6(18(11,14)15)5(3)17-7(8,9)10/h2H,1H3,(H,12,13)(H2,11,14,15). The smallest absolute Gasteiger partial charge is 0.493 e. The lowest BCUT2D eigenvalue weighted by molar-refractivity contribution is -0.276. The summed E-state index contributed by atoms with van der Waals surface area (Å²) in [5, 5.41) is 3.45. The molecule has 18 heavy (non-hydrogen) atoms.